The summed E-state index contributed by atoms with van der Waals surface area (Å²) in [6.07, 6.45) is 1.16. The molecule has 0 amide bonds. The molecule has 0 aliphatic carbocycles. The smallest absolute Gasteiger partial charge is 0.198 e. The second kappa shape index (κ2) is 5.94. The van der Waals surface area contributed by atoms with E-state index in [-0.39, 0.29) is 5.78 Å². The second-order valence-electron chi connectivity index (χ2n) is 5.30. The summed E-state index contributed by atoms with van der Waals surface area (Å²) in [7, 11) is 3.19. The summed E-state index contributed by atoms with van der Waals surface area (Å²) < 4.78 is 16.4. The van der Waals surface area contributed by atoms with Gasteiger partial charge in [-0.1, -0.05) is 6.07 Å². The van der Waals surface area contributed by atoms with Crippen molar-refractivity contribution in [2.24, 2.45) is 0 Å². The molecule has 1 aliphatic heterocycles. The minimum absolute atomic E-state index is 0.00218. The first-order chi connectivity index (χ1) is 9.54. The molecule has 0 radical (unpaired) electrons. The van der Waals surface area contributed by atoms with Gasteiger partial charge in [0.25, 0.3) is 0 Å². The zero-order valence-electron chi connectivity index (χ0n) is 12.6. The third-order valence-electron chi connectivity index (χ3n) is 4.00. The van der Waals surface area contributed by atoms with Crippen molar-refractivity contribution in [1.29, 1.82) is 0 Å². The van der Waals surface area contributed by atoms with Gasteiger partial charge in [0.15, 0.2) is 5.78 Å². The average molecular weight is 278 g/mol. The van der Waals surface area contributed by atoms with Crippen molar-refractivity contribution in [3.63, 3.8) is 0 Å². The van der Waals surface area contributed by atoms with Gasteiger partial charge in [-0.05, 0) is 31.0 Å². The number of carbonyl (C=O) groups is 1. The highest BCUT2D eigenvalue weighted by atomic mass is 16.5. The van der Waals surface area contributed by atoms with Gasteiger partial charge >= 0.3 is 0 Å². The van der Waals surface area contributed by atoms with E-state index >= 15 is 0 Å². The molecule has 4 nitrogen and oxygen atoms in total. The maximum absolute atomic E-state index is 13.0. The highest BCUT2D eigenvalue weighted by molar-refractivity contribution is 6.06. The van der Waals surface area contributed by atoms with Gasteiger partial charge in [0.2, 0.25) is 0 Å². The van der Waals surface area contributed by atoms with Crippen LogP contribution >= 0.6 is 0 Å². The molecule has 1 aromatic rings. The number of rotatable bonds is 4. The van der Waals surface area contributed by atoms with Gasteiger partial charge in [0, 0.05) is 33.2 Å². The largest absolute Gasteiger partial charge is 0.496 e. The lowest BCUT2D eigenvalue weighted by atomic mass is 9.83. The summed E-state index contributed by atoms with van der Waals surface area (Å²) in [6.45, 7) is 5.02. The lowest BCUT2D eigenvalue weighted by Crippen LogP contribution is -2.46. The van der Waals surface area contributed by atoms with Crippen molar-refractivity contribution in [3.8, 4) is 5.75 Å². The number of benzene rings is 1. The highest BCUT2D eigenvalue weighted by Gasteiger charge is 2.42. The van der Waals surface area contributed by atoms with Gasteiger partial charge in [-0.25, -0.2) is 0 Å². The van der Waals surface area contributed by atoms with E-state index in [9.17, 15) is 4.79 Å². The van der Waals surface area contributed by atoms with E-state index in [0.717, 1.165) is 11.1 Å². The maximum Gasteiger partial charge on any atom is 0.198 e. The number of methoxy groups -OCH3 is 2. The van der Waals surface area contributed by atoms with E-state index < -0.39 is 5.60 Å². The van der Waals surface area contributed by atoms with Gasteiger partial charge in [-0.15, -0.1) is 0 Å². The Morgan fingerprint density at radius 1 is 1.20 bits per heavy atom. The summed E-state index contributed by atoms with van der Waals surface area (Å²) >= 11 is 0. The molecule has 0 N–H and O–H groups in total. The molecular weight excluding hydrogens is 256 g/mol. The SMILES string of the molecule is COc1cc(C)cc(C)c1C(=O)C1(OC)CCOCC1. The fraction of sp³-hybridized carbons (Fsp3) is 0.562. The predicted molar refractivity (Wildman–Crippen MR) is 76.6 cm³/mol. The molecule has 0 spiro atoms. The summed E-state index contributed by atoms with van der Waals surface area (Å²) in [5.41, 5.74) is 1.84. The Bertz CT molecular complexity index is 501. The molecule has 0 aromatic heterocycles. The van der Waals surface area contributed by atoms with Crippen molar-refractivity contribution in [1.82, 2.24) is 0 Å². The van der Waals surface area contributed by atoms with Crippen LogP contribution in [0.4, 0.5) is 0 Å². The fourth-order valence-corrected chi connectivity index (χ4v) is 2.83. The van der Waals surface area contributed by atoms with Crippen molar-refractivity contribution < 1.29 is 19.0 Å². The minimum atomic E-state index is -0.786. The van der Waals surface area contributed by atoms with Crippen LogP contribution in [0.25, 0.3) is 0 Å². The molecule has 1 aromatic carbocycles. The molecule has 1 aliphatic rings. The third kappa shape index (κ3) is 2.58. The van der Waals surface area contributed by atoms with Crippen LogP contribution in [0.1, 0.15) is 34.3 Å². The Labute approximate surface area is 120 Å². The summed E-state index contributed by atoms with van der Waals surface area (Å²) in [5, 5.41) is 0. The first-order valence-electron chi connectivity index (χ1n) is 6.87. The molecule has 1 saturated heterocycles. The topological polar surface area (TPSA) is 44.8 Å². The standard InChI is InChI=1S/C16H22O4/c1-11-9-12(2)14(13(10-11)18-3)15(17)16(19-4)5-7-20-8-6-16/h9-10H,5-8H2,1-4H3. The van der Waals surface area contributed by atoms with E-state index in [1.54, 1.807) is 14.2 Å². The van der Waals surface area contributed by atoms with Crippen LogP contribution in [0.2, 0.25) is 0 Å². The number of hydrogen-bond donors (Lipinski definition) is 0. The number of aryl methyl sites for hydroxylation is 2. The zero-order valence-corrected chi connectivity index (χ0v) is 12.6. The highest BCUT2D eigenvalue weighted by Crippen LogP contribution is 2.34. The third-order valence-corrected chi connectivity index (χ3v) is 4.00. The maximum atomic E-state index is 13.0. The lowest BCUT2D eigenvalue weighted by Gasteiger charge is -2.35. The van der Waals surface area contributed by atoms with Crippen LogP contribution in [0.15, 0.2) is 12.1 Å². The first kappa shape index (κ1) is 15.0. The Hall–Kier alpha value is -1.39. The van der Waals surface area contributed by atoms with Crippen LogP contribution in [-0.4, -0.2) is 38.8 Å². The van der Waals surface area contributed by atoms with E-state index in [2.05, 4.69) is 0 Å². The monoisotopic (exact) mass is 278 g/mol. The number of carbonyl (C=O) groups excluding carboxylic acids is 1. The predicted octanol–water partition coefficient (Wildman–Crippen LogP) is 2.69. The van der Waals surface area contributed by atoms with Crippen molar-refractivity contribution in [2.45, 2.75) is 32.3 Å². The summed E-state index contributed by atoms with van der Waals surface area (Å²) in [4.78, 5) is 13.0. The van der Waals surface area contributed by atoms with Crippen LogP contribution in [0.3, 0.4) is 0 Å². The Morgan fingerprint density at radius 2 is 1.85 bits per heavy atom. The van der Waals surface area contributed by atoms with Crippen LogP contribution in [0.5, 0.6) is 5.75 Å². The molecule has 2 rings (SSSR count). The van der Waals surface area contributed by atoms with Gasteiger partial charge < -0.3 is 14.2 Å². The number of hydrogen-bond acceptors (Lipinski definition) is 4. The lowest BCUT2D eigenvalue weighted by molar-refractivity contribution is -0.0664. The van der Waals surface area contributed by atoms with E-state index in [0.29, 0.717) is 37.4 Å². The van der Waals surface area contributed by atoms with Crippen LogP contribution in [0, 0.1) is 13.8 Å². The number of ketones is 1. The first-order valence-corrected chi connectivity index (χ1v) is 6.87. The minimum Gasteiger partial charge on any atom is -0.496 e. The quantitative estimate of drug-likeness (QED) is 0.794. The molecule has 1 heterocycles. The Kier molecular flexibility index (Phi) is 4.45. The molecule has 0 saturated carbocycles. The molecule has 0 atom stereocenters. The van der Waals surface area contributed by atoms with E-state index in [1.807, 2.05) is 26.0 Å². The summed E-state index contributed by atoms with van der Waals surface area (Å²) in [5.74, 6) is 0.619. The number of Topliss-reactive ketones (excluding diaryl/α,β-unsaturated/α-hetero) is 1. The molecule has 1 fully saturated rings. The number of ether oxygens (including phenoxy) is 3. The van der Waals surface area contributed by atoms with Crippen molar-refractivity contribution >= 4 is 5.78 Å². The van der Waals surface area contributed by atoms with Gasteiger partial charge in [-0.2, -0.15) is 0 Å². The normalized spacial score (nSPS) is 17.8. The van der Waals surface area contributed by atoms with E-state index in [1.165, 1.54) is 0 Å². The molecule has 0 bridgehead atoms. The average Bonchev–Trinajstić information content (AvgIpc) is 2.46. The molecule has 110 valence electrons. The van der Waals surface area contributed by atoms with Crippen LogP contribution < -0.4 is 4.74 Å². The van der Waals surface area contributed by atoms with Gasteiger partial charge in [0.05, 0.1) is 12.7 Å². The fourth-order valence-electron chi connectivity index (χ4n) is 2.83. The molecule has 20 heavy (non-hydrogen) atoms. The molecule has 0 unspecified atom stereocenters. The Morgan fingerprint density at radius 3 is 2.40 bits per heavy atom. The van der Waals surface area contributed by atoms with E-state index in [4.69, 9.17) is 14.2 Å². The van der Waals surface area contributed by atoms with Gasteiger partial charge in [-0.3, -0.25) is 4.79 Å². The second-order valence-corrected chi connectivity index (χ2v) is 5.30. The van der Waals surface area contributed by atoms with Crippen LogP contribution in [-0.2, 0) is 9.47 Å². The van der Waals surface area contributed by atoms with Crippen molar-refractivity contribution in [2.75, 3.05) is 27.4 Å². The van der Waals surface area contributed by atoms with Crippen molar-refractivity contribution in [3.05, 3.63) is 28.8 Å². The Balaban J connectivity index is 2.46. The zero-order chi connectivity index (χ0) is 14.8. The van der Waals surface area contributed by atoms with Gasteiger partial charge in [0.1, 0.15) is 11.4 Å². The molecule has 4 heteroatoms. The molecular formula is C16H22O4. The summed E-state index contributed by atoms with van der Waals surface area (Å²) in [6, 6.07) is 3.89.